The molecule has 1 radical (unpaired) electrons. The van der Waals surface area contributed by atoms with Gasteiger partial charge < -0.3 is 7.43 Å². The third kappa shape index (κ3) is 63.2. The Bertz CT molecular complexity index is 323. The molecule has 0 amide bonds. The van der Waals surface area contributed by atoms with Crippen LogP contribution >= 0.6 is 0 Å². The molecule has 0 saturated heterocycles. The number of hydrogen-bond donors (Lipinski definition) is 0. The molecule has 0 N–H and O–H groups in total. The summed E-state index contributed by atoms with van der Waals surface area (Å²) in [6.45, 7) is 16.5. The summed E-state index contributed by atoms with van der Waals surface area (Å²) in [6, 6.07) is 36.5. The molecule has 0 heterocycles. The number of rotatable bonds is 0. The monoisotopic (exact) mass is 485 g/mol. The summed E-state index contributed by atoms with van der Waals surface area (Å²) in [6.07, 6.45) is 2.50. The van der Waals surface area contributed by atoms with Crippen LogP contribution in [0.15, 0.2) is 103 Å². The van der Waals surface area contributed by atoms with Crippen LogP contribution in [0.2, 0.25) is 0 Å². The standard InChI is InChI=1S/2C6H6.C6H5.2C3H8.2C2H6.CH3.Y/c3*1-2-4-6-5-3-1;2*1-3-2;2*1-2;;/h2*1-6H;1-5H;2*3H2,1-2H3;2*1-2H3;1H3;/q;;-1;;;;;-1;. The van der Waals surface area contributed by atoms with E-state index in [1.54, 1.807) is 0 Å². The Kier molecular flexibility index (Phi) is 80.6. The van der Waals surface area contributed by atoms with Gasteiger partial charge in [-0.3, -0.25) is 0 Å². The van der Waals surface area contributed by atoms with Crippen molar-refractivity contribution in [2.45, 2.75) is 68.2 Å². The third-order valence-corrected chi connectivity index (χ3v) is 1.94. The van der Waals surface area contributed by atoms with Crippen LogP contribution in [0, 0.1) is 13.5 Å². The maximum absolute atomic E-state index is 2.89. The largest absolute Gasteiger partial charge is 0.358 e. The molecule has 3 aromatic carbocycles. The van der Waals surface area contributed by atoms with Crippen LogP contribution in [-0.2, 0) is 32.7 Å². The second-order valence-corrected chi connectivity index (χ2v) is 4.80. The van der Waals surface area contributed by atoms with Gasteiger partial charge in [-0.2, -0.15) is 36.4 Å². The van der Waals surface area contributed by atoms with E-state index in [1.165, 1.54) is 12.8 Å². The molecule has 169 valence electrons. The molecule has 30 heavy (non-hydrogen) atoms. The van der Waals surface area contributed by atoms with Gasteiger partial charge in [0.25, 0.3) is 0 Å². The molecular weight excluding hydrogens is 437 g/mol. The Morgan fingerprint density at radius 2 is 0.533 bits per heavy atom. The minimum atomic E-state index is 0. The maximum atomic E-state index is 2.89. The minimum absolute atomic E-state index is 0. The molecular formula is C29H48Y-2. The van der Waals surface area contributed by atoms with Crippen molar-refractivity contribution in [2.75, 3.05) is 0 Å². The predicted molar refractivity (Wildman–Crippen MR) is 139 cm³/mol. The van der Waals surface area contributed by atoms with Crippen LogP contribution in [0.1, 0.15) is 68.2 Å². The van der Waals surface area contributed by atoms with Gasteiger partial charge in [0.05, 0.1) is 0 Å². The quantitative estimate of drug-likeness (QED) is 0.278. The topological polar surface area (TPSA) is 0 Å². The van der Waals surface area contributed by atoms with E-state index in [0.29, 0.717) is 0 Å². The van der Waals surface area contributed by atoms with Crippen molar-refractivity contribution in [3.8, 4) is 0 Å². The van der Waals surface area contributed by atoms with Crippen LogP contribution in [0.3, 0.4) is 0 Å². The van der Waals surface area contributed by atoms with Crippen LogP contribution in [0.4, 0.5) is 0 Å². The fraction of sp³-hybridized carbons (Fsp3) is 0.345. The van der Waals surface area contributed by atoms with Crippen molar-refractivity contribution in [3.63, 3.8) is 0 Å². The van der Waals surface area contributed by atoms with Gasteiger partial charge in [0.2, 0.25) is 0 Å². The van der Waals surface area contributed by atoms with Gasteiger partial charge in [-0.15, -0.1) is 0 Å². The average molecular weight is 486 g/mol. The van der Waals surface area contributed by atoms with Gasteiger partial charge in [0.15, 0.2) is 0 Å². The van der Waals surface area contributed by atoms with E-state index < -0.39 is 0 Å². The van der Waals surface area contributed by atoms with Crippen LogP contribution in [-0.4, -0.2) is 0 Å². The van der Waals surface area contributed by atoms with E-state index in [1.807, 2.05) is 131 Å². The smallest absolute Gasteiger partial charge is 0 e. The van der Waals surface area contributed by atoms with Gasteiger partial charge in [-0.25, -0.2) is 0 Å². The molecule has 0 bridgehead atoms. The van der Waals surface area contributed by atoms with Crippen LogP contribution in [0.25, 0.3) is 0 Å². The Balaban J connectivity index is -0.0000000582. The zero-order valence-corrected chi connectivity index (χ0v) is 24.1. The van der Waals surface area contributed by atoms with Gasteiger partial charge in [-0.05, 0) is 0 Å². The Hall–Kier alpha value is -1.24. The summed E-state index contributed by atoms with van der Waals surface area (Å²) in [5.74, 6) is 0. The number of benzene rings is 3. The summed E-state index contributed by atoms with van der Waals surface area (Å²) in [7, 11) is 0. The first-order valence-electron chi connectivity index (χ1n) is 10.7. The fourth-order valence-corrected chi connectivity index (χ4v) is 1.11. The van der Waals surface area contributed by atoms with Crippen molar-refractivity contribution < 1.29 is 32.7 Å². The van der Waals surface area contributed by atoms with Crippen LogP contribution < -0.4 is 0 Å². The molecule has 0 fully saturated rings. The van der Waals surface area contributed by atoms with Crippen molar-refractivity contribution in [3.05, 3.63) is 117 Å². The van der Waals surface area contributed by atoms with Crippen LogP contribution in [0.5, 0.6) is 0 Å². The molecule has 3 aromatic rings. The first-order chi connectivity index (χ1) is 13.8. The molecule has 0 aliphatic rings. The Morgan fingerprint density at radius 1 is 0.400 bits per heavy atom. The molecule has 3 rings (SSSR count). The SMILES string of the molecule is CC.CC.CCC.CCC.[CH3-].[Y].[c-]1ccccc1.c1ccccc1.c1ccccc1. The predicted octanol–water partition coefficient (Wildman–Crippen LogP) is 10.2. The van der Waals surface area contributed by atoms with Crippen molar-refractivity contribution in [1.29, 1.82) is 0 Å². The summed E-state index contributed by atoms with van der Waals surface area (Å²) in [5.41, 5.74) is 0. The Morgan fingerprint density at radius 3 is 0.600 bits per heavy atom. The van der Waals surface area contributed by atoms with E-state index in [2.05, 4.69) is 33.8 Å². The normalized spacial score (nSPS) is 6.40. The summed E-state index contributed by atoms with van der Waals surface area (Å²) >= 11 is 0. The minimum Gasteiger partial charge on any atom is -0.358 e. The molecule has 0 unspecified atom stereocenters. The van der Waals surface area contributed by atoms with Crippen molar-refractivity contribution in [1.82, 2.24) is 0 Å². The van der Waals surface area contributed by atoms with Crippen molar-refractivity contribution >= 4 is 0 Å². The molecule has 1 heteroatoms. The zero-order valence-electron chi connectivity index (χ0n) is 21.3. The molecule has 0 aliphatic heterocycles. The van der Waals surface area contributed by atoms with E-state index in [9.17, 15) is 0 Å². The molecule has 0 atom stereocenters. The Labute approximate surface area is 216 Å². The van der Waals surface area contributed by atoms with Gasteiger partial charge >= 0.3 is 0 Å². The van der Waals surface area contributed by atoms with Gasteiger partial charge in [-0.1, -0.05) is 141 Å². The first-order valence-corrected chi connectivity index (χ1v) is 10.7. The average Bonchev–Trinajstić information content (AvgIpc) is 2.82. The van der Waals surface area contributed by atoms with Gasteiger partial charge in [0, 0.05) is 32.7 Å². The third-order valence-electron chi connectivity index (χ3n) is 1.94. The zero-order chi connectivity index (χ0) is 22.1. The van der Waals surface area contributed by atoms with E-state index in [4.69, 9.17) is 0 Å². The molecule has 0 aliphatic carbocycles. The second-order valence-electron chi connectivity index (χ2n) is 4.80. The van der Waals surface area contributed by atoms with E-state index in [-0.39, 0.29) is 40.1 Å². The van der Waals surface area contributed by atoms with E-state index >= 15 is 0 Å². The molecule has 0 spiro atoms. The fourth-order valence-electron chi connectivity index (χ4n) is 1.11. The summed E-state index contributed by atoms with van der Waals surface area (Å²) in [5, 5.41) is 0. The number of hydrogen-bond acceptors (Lipinski definition) is 0. The summed E-state index contributed by atoms with van der Waals surface area (Å²) in [4.78, 5) is 0. The van der Waals surface area contributed by atoms with Crippen molar-refractivity contribution in [2.24, 2.45) is 0 Å². The molecule has 0 aromatic heterocycles. The summed E-state index contributed by atoms with van der Waals surface area (Å²) < 4.78 is 0. The second kappa shape index (κ2) is 56.5. The first kappa shape index (κ1) is 42.8. The molecule has 0 saturated carbocycles. The maximum Gasteiger partial charge on any atom is 0 e. The van der Waals surface area contributed by atoms with E-state index in [0.717, 1.165) is 0 Å². The van der Waals surface area contributed by atoms with Gasteiger partial charge in [0.1, 0.15) is 0 Å². The molecule has 0 nitrogen and oxygen atoms in total.